The lowest BCUT2D eigenvalue weighted by Gasteiger charge is -2.26. The fraction of sp³-hybridized carbons (Fsp3) is 0.579. The van der Waals surface area contributed by atoms with E-state index >= 15 is 0 Å². The normalized spacial score (nSPS) is 14.0. The molecular weight excluding hydrogens is 292 g/mol. The molecule has 0 amide bonds. The van der Waals surface area contributed by atoms with Gasteiger partial charge in [-0.25, -0.2) is 0 Å². The van der Waals surface area contributed by atoms with Crippen LogP contribution in [0.4, 0.5) is 0 Å². The number of benzene rings is 1. The third-order valence-corrected chi connectivity index (χ3v) is 3.51. The number of hydrogen-bond acceptors (Lipinski definition) is 4. The highest BCUT2D eigenvalue weighted by molar-refractivity contribution is 5.82. The molecule has 2 atom stereocenters. The molecule has 1 rings (SSSR count). The zero-order valence-corrected chi connectivity index (χ0v) is 14.8. The number of hydrogen-bond donors (Lipinski definition) is 0. The molecule has 2 unspecified atom stereocenters. The molecule has 0 heterocycles. The van der Waals surface area contributed by atoms with E-state index in [0.29, 0.717) is 6.42 Å². The molecule has 0 aliphatic carbocycles. The quantitative estimate of drug-likeness (QED) is 0.709. The van der Waals surface area contributed by atoms with E-state index in [2.05, 4.69) is 0 Å². The number of ether oxygens (including phenoxy) is 2. The fourth-order valence-corrected chi connectivity index (χ4v) is 2.28. The van der Waals surface area contributed by atoms with Crippen LogP contribution in [0.1, 0.15) is 53.0 Å². The van der Waals surface area contributed by atoms with Gasteiger partial charge in [0, 0.05) is 0 Å². The van der Waals surface area contributed by atoms with Crippen LogP contribution in [0.2, 0.25) is 0 Å². The first-order chi connectivity index (χ1) is 10.7. The van der Waals surface area contributed by atoms with Crippen molar-refractivity contribution in [2.24, 2.45) is 11.8 Å². The van der Waals surface area contributed by atoms with Gasteiger partial charge in [-0.15, -0.1) is 0 Å². The first kappa shape index (κ1) is 19.2. The zero-order chi connectivity index (χ0) is 17.5. The Bertz CT molecular complexity index is 502. The van der Waals surface area contributed by atoms with Gasteiger partial charge in [0.05, 0.1) is 11.8 Å². The van der Waals surface area contributed by atoms with E-state index in [1.54, 1.807) is 6.92 Å². The second kappa shape index (κ2) is 8.70. The van der Waals surface area contributed by atoms with Gasteiger partial charge in [0.15, 0.2) is 0 Å². The Kier molecular flexibility index (Phi) is 7.27. The van der Waals surface area contributed by atoms with Gasteiger partial charge < -0.3 is 9.47 Å². The van der Waals surface area contributed by atoms with E-state index in [9.17, 15) is 9.59 Å². The fourth-order valence-electron chi connectivity index (χ4n) is 2.28. The lowest BCUT2D eigenvalue weighted by Crippen LogP contribution is -2.34. The van der Waals surface area contributed by atoms with Crippen molar-refractivity contribution < 1.29 is 19.1 Å². The molecule has 1 aromatic rings. The molecule has 0 fully saturated rings. The predicted molar refractivity (Wildman–Crippen MR) is 89.6 cm³/mol. The first-order valence-corrected chi connectivity index (χ1v) is 8.18. The lowest BCUT2D eigenvalue weighted by atomic mass is 9.90. The van der Waals surface area contributed by atoms with Crippen molar-refractivity contribution in [3.8, 4) is 0 Å². The molecule has 1 aromatic carbocycles. The minimum atomic E-state index is -0.559. The van der Waals surface area contributed by atoms with Crippen LogP contribution in [0, 0.1) is 11.8 Å². The predicted octanol–water partition coefficient (Wildman–Crippen LogP) is 4.12. The van der Waals surface area contributed by atoms with Gasteiger partial charge in [0.1, 0.15) is 12.2 Å². The summed E-state index contributed by atoms with van der Waals surface area (Å²) in [7, 11) is 0. The average Bonchev–Trinajstić information content (AvgIpc) is 2.49. The Hall–Kier alpha value is -1.84. The maximum atomic E-state index is 12.4. The summed E-state index contributed by atoms with van der Waals surface area (Å²) in [5.41, 5.74) is 0.372. The third kappa shape index (κ3) is 6.85. The lowest BCUT2D eigenvalue weighted by molar-refractivity contribution is -0.168. The summed E-state index contributed by atoms with van der Waals surface area (Å²) in [6.07, 6.45) is 1.41. The van der Waals surface area contributed by atoms with E-state index in [0.717, 1.165) is 12.0 Å². The van der Waals surface area contributed by atoms with Crippen LogP contribution in [0.5, 0.6) is 0 Å². The van der Waals surface area contributed by atoms with Crippen LogP contribution < -0.4 is 0 Å². The van der Waals surface area contributed by atoms with Gasteiger partial charge in [-0.1, -0.05) is 50.6 Å². The van der Waals surface area contributed by atoms with Crippen molar-refractivity contribution in [1.29, 1.82) is 0 Å². The van der Waals surface area contributed by atoms with Gasteiger partial charge in [-0.3, -0.25) is 9.59 Å². The zero-order valence-electron chi connectivity index (χ0n) is 14.8. The van der Waals surface area contributed by atoms with Gasteiger partial charge >= 0.3 is 11.9 Å². The monoisotopic (exact) mass is 320 g/mol. The molecular formula is C19H28O4. The first-order valence-electron chi connectivity index (χ1n) is 8.18. The Morgan fingerprint density at radius 3 is 2.22 bits per heavy atom. The van der Waals surface area contributed by atoms with Crippen LogP contribution in [0.15, 0.2) is 30.3 Å². The van der Waals surface area contributed by atoms with Crippen molar-refractivity contribution in [3.05, 3.63) is 35.9 Å². The molecule has 0 saturated carbocycles. The summed E-state index contributed by atoms with van der Waals surface area (Å²) < 4.78 is 10.8. The summed E-state index contributed by atoms with van der Waals surface area (Å²) in [6.45, 7) is 9.40. The molecule has 0 radical (unpaired) electrons. The Balaban J connectivity index is 2.68. The molecule has 4 heteroatoms. The number of carbonyl (C=O) groups is 2. The highest BCUT2D eigenvalue weighted by Gasteiger charge is 2.33. The third-order valence-electron chi connectivity index (χ3n) is 3.51. The topological polar surface area (TPSA) is 52.6 Å². The Morgan fingerprint density at radius 2 is 1.70 bits per heavy atom. The molecule has 0 aromatic heterocycles. The van der Waals surface area contributed by atoms with Crippen molar-refractivity contribution in [1.82, 2.24) is 0 Å². The summed E-state index contributed by atoms with van der Waals surface area (Å²) in [5.74, 6) is -1.68. The van der Waals surface area contributed by atoms with Gasteiger partial charge in [0.25, 0.3) is 0 Å². The molecule has 4 nitrogen and oxygen atoms in total. The Morgan fingerprint density at radius 1 is 1.09 bits per heavy atom. The minimum Gasteiger partial charge on any atom is -0.461 e. The van der Waals surface area contributed by atoms with Crippen molar-refractivity contribution >= 4 is 11.9 Å². The van der Waals surface area contributed by atoms with Crippen LogP contribution >= 0.6 is 0 Å². The molecule has 0 spiro atoms. The van der Waals surface area contributed by atoms with E-state index in [-0.39, 0.29) is 18.5 Å². The van der Waals surface area contributed by atoms with Crippen LogP contribution in [0.3, 0.4) is 0 Å². The van der Waals surface area contributed by atoms with E-state index < -0.39 is 17.4 Å². The maximum Gasteiger partial charge on any atom is 0.310 e. The summed E-state index contributed by atoms with van der Waals surface area (Å²) in [4.78, 5) is 24.6. The summed E-state index contributed by atoms with van der Waals surface area (Å²) >= 11 is 0. The van der Waals surface area contributed by atoms with E-state index in [1.165, 1.54) is 0 Å². The highest BCUT2D eigenvalue weighted by atomic mass is 16.6. The smallest absolute Gasteiger partial charge is 0.310 e. The number of carbonyl (C=O) groups excluding carboxylic acids is 2. The molecule has 0 N–H and O–H groups in total. The second-order valence-corrected chi connectivity index (χ2v) is 6.81. The molecule has 0 saturated heterocycles. The van der Waals surface area contributed by atoms with Crippen molar-refractivity contribution in [3.63, 3.8) is 0 Å². The van der Waals surface area contributed by atoms with E-state index in [4.69, 9.17) is 9.47 Å². The average molecular weight is 320 g/mol. The molecule has 23 heavy (non-hydrogen) atoms. The summed E-state index contributed by atoms with van der Waals surface area (Å²) in [6, 6.07) is 9.51. The maximum absolute atomic E-state index is 12.4. The van der Waals surface area contributed by atoms with Gasteiger partial charge in [-0.2, -0.15) is 0 Å². The van der Waals surface area contributed by atoms with Gasteiger partial charge in [0.2, 0.25) is 0 Å². The largest absolute Gasteiger partial charge is 0.461 e. The van der Waals surface area contributed by atoms with Crippen LogP contribution in [0.25, 0.3) is 0 Å². The minimum absolute atomic E-state index is 0.223. The van der Waals surface area contributed by atoms with Crippen molar-refractivity contribution in [2.45, 2.75) is 59.7 Å². The molecule has 128 valence electrons. The SMILES string of the molecule is CCCC(C(=O)OCc1ccccc1)C(C)C(=O)OC(C)(C)C. The molecule has 0 aliphatic rings. The van der Waals surface area contributed by atoms with Crippen LogP contribution in [-0.4, -0.2) is 17.5 Å². The Labute approximate surface area is 139 Å². The van der Waals surface area contributed by atoms with Crippen molar-refractivity contribution in [2.75, 3.05) is 0 Å². The number of rotatable bonds is 7. The second-order valence-electron chi connectivity index (χ2n) is 6.81. The molecule has 0 aliphatic heterocycles. The number of esters is 2. The van der Waals surface area contributed by atoms with Crippen LogP contribution in [-0.2, 0) is 25.7 Å². The standard InChI is InChI=1S/C19H28O4/c1-6-10-16(14(2)17(20)23-19(3,4)5)18(21)22-13-15-11-8-7-9-12-15/h7-9,11-12,14,16H,6,10,13H2,1-5H3. The highest BCUT2D eigenvalue weighted by Crippen LogP contribution is 2.23. The molecule has 0 bridgehead atoms. The van der Waals surface area contributed by atoms with Gasteiger partial charge in [-0.05, 0) is 32.8 Å². The van der Waals surface area contributed by atoms with E-state index in [1.807, 2.05) is 58.0 Å². The summed E-state index contributed by atoms with van der Waals surface area (Å²) in [5, 5.41) is 0.